The Kier molecular flexibility index (Phi) is 5.29. The van der Waals surface area contributed by atoms with Crippen molar-refractivity contribution in [3.8, 4) is 0 Å². The monoisotopic (exact) mass is 377 g/mol. The number of sulfone groups is 1. The van der Waals surface area contributed by atoms with Gasteiger partial charge in [-0.1, -0.05) is 32.0 Å². The molecular weight excluding hydrogens is 354 g/mol. The van der Waals surface area contributed by atoms with Gasteiger partial charge >= 0.3 is 0 Å². The van der Waals surface area contributed by atoms with Crippen molar-refractivity contribution in [1.82, 2.24) is 5.32 Å². The number of rotatable bonds is 7. The summed E-state index contributed by atoms with van der Waals surface area (Å²) in [6.45, 7) is 4.26. The van der Waals surface area contributed by atoms with E-state index in [1.807, 2.05) is 29.6 Å². The van der Waals surface area contributed by atoms with Crippen molar-refractivity contribution in [3.63, 3.8) is 0 Å². The number of benzene rings is 1. The SMILES string of the molecule is CC(C)c1ccc(S(=O)(=O)[C@H](CNC(=O)C2CC2)c2cccs2)cc1. The van der Waals surface area contributed by atoms with E-state index in [1.54, 1.807) is 12.1 Å². The van der Waals surface area contributed by atoms with Gasteiger partial charge in [0.25, 0.3) is 0 Å². The van der Waals surface area contributed by atoms with E-state index in [0.29, 0.717) is 10.8 Å². The van der Waals surface area contributed by atoms with Gasteiger partial charge in [0.1, 0.15) is 5.25 Å². The van der Waals surface area contributed by atoms with Crippen LogP contribution >= 0.6 is 11.3 Å². The molecule has 0 radical (unpaired) electrons. The molecule has 1 saturated carbocycles. The highest BCUT2D eigenvalue weighted by molar-refractivity contribution is 7.91. The molecule has 1 amide bonds. The van der Waals surface area contributed by atoms with Gasteiger partial charge in [-0.15, -0.1) is 11.3 Å². The molecule has 1 aromatic carbocycles. The van der Waals surface area contributed by atoms with E-state index in [9.17, 15) is 13.2 Å². The van der Waals surface area contributed by atoms with Crippen molar-refractivity contribution in [3.05, 3.63) is 52.2 Å². The fourth-order valence-electron chi connectivity index (χ4n) is 2.73. The molecule has 1 aliphatic carbocycles. The molecular formula is C19H23NO3S2. The molecule has 1 atom stereocenters. The summed E-state index contributed by atoms with van der Waals surface area (Å²) in [6, 6.07) is 10.7. The first-order valence-corrected chi connectivity index (χ1v) is 11.0. The number of carbonyl (C=O) groups excluding carboxylic acids is 1. The molecule has 1 N–H and O–H groups in total. The van der Waals surface area contributed by atoms with Gasteiger partial charge in [-0.3, -0.25) is 4.79 Å². The second kappa shape index (κ2) is 7.30. The van der Waals surface area contributed by atoms with Gasteiger partial charge in [-0.25, -0.2) is 8.42 Å². The standard InChI is InChI=1S/C19H23NO3S2/c1-13(2)14-7-9-16(10-8-14)25(22,23)18(17-4-3-11-24-17)12-20-19(21)15-5-6-15/h3-4,7-11,13,15,18H,5-6,12H2,1-2H3,(H,20,21)/t18-/m1/s1. The van der Waals surface area contributed by atoms with Crippen LogP contribution in [0, 0.1) is 5.92 Å². The Bertz CT molecular complexity index is 820. The molecule has 2 aromatic rings. The molecule has 1 aromatic heterocycles. The maximum Gasteiger partial charge on any atom is 0.223 e. The number of carbonyl (C=O) groups is 1. The lowest BCUT2D eigenvalue weighted by molar-refractivity contribution is -0.122. The fraction of sp³-hybridized carbons (Fsp3) is 0.421. The quantitative estimate of drug-likeness (QED) is 0.796. The maximum absolute atomic E-state index is 13.2. The fourth-order valence-corrected chi connectivity index (χ4v) is 5.51. The minimum atomic E-state index is -3.57. The molecule has 4 nitrogen and oxygen atoms in total. The van der Waals surface area contributed by atoms with Gasteiger partial charge < -0.3 is 5.32 Å². The first-order valence-electron chi connectivity index (χ1n) is 8.54. The van der Waals surface area contributed by atoms with Crippen molar-refractivity contribution >= 4 is 27.1 Å². The molecule has 1 aliphatic rings. The lowest BCUT2D eigenvalue weighted by Gasteiger charge is -2.18. The Morgan fingerprint density at radius 1 is 1.20 bits per heavy atom. The summed E-state index contributed by atoms with van der Waals surface area (Å²) in [5, 5.41) is 3.94. The predicted molar refractivity (Wildman–Crippen MR) is 101 cm³/mol. The largest absolute Gasteiger partial charge is 0.354 e. The summed E-state index contributed by atoms with van der Waals surface area (Å²) >= 11 is 1.41. The Balaban J connectivity index is 1.86. The first-order chi connectivity index (χ1) is 11.9. The van der Waals surface area contributed by atoms with E-state index in [0.717, 1.165) is 23.3 Å². The lowest BCUT2D eigenvalue weighted by Crippen LogP contribution is -2.32. The van der Waals surface area contributed by atoms with Crippen LogP contribution in [0.15, 0.2) is 46.7 Å². The van der Waals surface area contributed by atoms with Gasteiger partial charge in [0.15, 0.2) is 9.84 Å². The van der Waals surface area contributed by atoms with Crippen molar-refractivity contribution in [1.29, 1.82) is 0 Å². The van der Waals surface area contributed by atoms with E-state index >= 15 is 0 Å². The van der Waals surface area contributed by atoms with Crippen LogP contribution in [0.25, 0.3) is 0 Å². The van der Waals surface area contributed by atoms with Crippen LogP contribution in [0.4, 0.5) is 0 Å². The zero-order chi connectivity index (χ0) is 18.0. The van der Waals surface area contributed by atoms with E-state index < -0.39 is 15.1 Å². The third-order valence-electron chi connectivity index (χ3n) is 4.52. The highest BCUT2D eigenvalue weighted by Gasteiger charge is 2.33. The molecule has 1 heterocycles. The van der Waals surface area contributed by atoms with Crippen LogP contribution in [-0.4, -0.2) is 20.9 Å². The summed E-state index contributed by atoms with van der Waals surface area (Å²) in [4.78, 5) is 13.0. The summed E-state index contributed by atoms with van der Waals surface area (Å²) < 4.78 is 26.3. The Labute approximate surface area is 153 Å². The lowest BCUT2D eigenvalue weighted by atomic mass is 10.0. The smallest absolute Gasteiger partial charge is 0.223 e. The molecule has 134 valence electrons. The Hall–Kier alpha value is -1.66. The topological polar surface area (TPSA) is 63.2 Å². The molecule has 3 rings (SSSR count). The average Bonchev–Trinajstić information content (AvgIpc) is 3.31. The zero-order valence-electron chi connectivity index (χ0n) is 14.4. The third kappa shape index (κ3) is 4.12. The Morgan fingerprint density at radius 2 is 1.88 bits per heavy atom. The molecule has 0 aliphatic heterocycles. The van der Waals surface area contributed by atoms with Crippen LogP contribution < -0.4 is 5.32 Å². The van der Waals surface area contributed by atoms with Gasteiger partial charge in [0, 0.05) is 17.3 Å². The zero-order valence-corrected chi connectivity index (χ0v) is 16.1. The van der Waals surface area contributed by atoms with E-state index in [1.165, 1.54) is 11.3 Å². The summed E-state index contributed by atoms with van der Waals surface area (Å²) in [6.07, 6.45) is 1.80. The van der Waals surface area contributed by atoms with E-state index in [4.69, 9.17) is 0 Å². The molecule has 6 heteroatoms. The summed E-state index contributed by atoms with van der Waals surface area (Å²) in [7, 11) is -3.57. The molecule has 1 fully saturated rings. The normalized spacial score (nSPS) is 16.0. The summed E-state index contributed by atoms with van der Waals surface area (Å²) in [5.41, 5.74) is 1.11. The van der Waals surface area contributed by atoms with Gasteiger partial charge in [-0.05, 0) is 47.9 Å². The average molecular weight is 378 g/mol. The highest BCUT2D eigenvalue weighted by atomic mass is 32.2. The van der Waals surface area contributed by atoms with Gasteiger partial charge in [0.2, 0.25) is 5.91 Å². The van der Waals surface area contributed by atoms with Crippen molar-refractivity contribution in [2.45, 2.75) is 42.8 Å². The second-order valence-corrected chi connectivity index (χ2v) is 9.90. The molecule has 0 saturated heterocycles. The Morgan fingerprint density at radius 3 is 2.40 bits per heavy atom. The number of nitrogens with one attached hydrogen (secondary N) is 1. The van der Waals surface area contributed by atoms with Gasteiger partial charge in [-0.2, -0.15) is 0 Å². The van der Waals surface area contributed by atoms with Crippen LogP contribution in [-0.2, 0) is 14.6 Å². The van der Waals surface area contributed by atoms with Crippen molar-refractivity contribution in [2.24, 2.45) is 5.92 Å². The van der Waals surface area contributed by atoms with Crippen LogP contribution in [0.2, 0.25) is 0 Å². The van der Waals surface area contributed by atoms with Gasteiger partial charge in [0.05, 0.1) is 4.90 Å². The molecule has 0 bridgehead atoms. The first kappa shape index (κ1) is 18.1. The van der Waals surface area contributed by atoms with E-state index in [-0.39, 0.29) is 18.4 Å². The second-order valence-electron chi connectivity index (χ2n) is 6.79. The minimum Gasteiger partial charge on any atom is -0.354 e. The number of hydrogen-bond donors (Lipinski definition) is 1. The number of thiophene rings is 1. The van der Waals surface area contributed by atoms with Crippen molar-refractivity contribution < 1.29 is 13.2 Å². The number of hydrogen-bond acceptors (Lipinski definition) is 4. The van der Waals surface area contributed by atoms with Crippen LogP contribution in [0.5, 0.6) is 0 Å². The minimum absolute atomic E-state index is 0.0353. The third-order valence-corrected chi connectivity index (χ3v) is 7.75. The maximum atomic E-state index is 13.2. The van der Waals surface area contributed by atoms with Crippen LogP contribution in [0.3, 0.4) is 0 Å². The number of amides is 1. The van der Waals surface area contributed by atoms with Crippen molar-refractivity contribution in [2.75, 3.05) is 6.54 Å². The predicted octanol–water partition coefficient (Wildman–Crippen LogP) is 3.91. The molecule has 25 heavy (non-hydrogen) atoms. The molecule has 0 spiro atoms. The van der Waals surface area contributed by atoms with E-state index in [2.05, 4.69) is 19.2 Å². The molecule has 0 unspecified atom stereocenters. The summed E-state index contributed by atoms with van der Waals surface area (Å²) in [5.74, 6) is 0.381. The highest BCUT2D eigenvalue weighted by Crippen LogP contribution is 2.33. The van der Waals surface area contributed by atoms with Crippen LogP contribution in [0.1, 0.15) is 48.3 Å².